The van der Waals surface area contributed by atoms with Crippen LogP contribution in [0.15, 0.2) is 37.3 Å². The van der Waals surface area contributed by atoms with E-state index in [1.165, 1.54) is 22.8 Å². The number of nitrogens with zero attached hydrogens (tertiary/aromatic N) is 2. The van der Waals surface area contributed by atoms with Crippen LogP contribution in [0.2, 0.25) is 10.0 Å². The molecule has 0 amide bonds. The van der Waals surface area contributed by atoms with Gasteiger partial charge in [0.15, 0.2) is 0 Å². The summed E-state index contributed by atoms with van der Waals surface area (Å²) in [6.07, 6.45) is -1.78. The molecule has 2 aromatic rings. The smallest absolute Gasteiger partial charge is 0.444 e. The fourth-order valence-electron chi connectivity index (χ4n) is 2.33. The Morgan fingerprint density at radius 2 is 1.83 bits per heavy atom. The van der Waals surface area contributed by atoms with Crippen molar-refractivity contribution in [3.05, 3.63) is 53.2 Å². The average molecular weight is 365 g/mol. The van der Waals surface area contributed by atoms with Crippen molar-refractivity contribution >= 4 is 34.2 Å². The third-order valence-electron chi connectivity index (χ3n) is 3.29. The summed E-state index contributed by atoms with van der Waals surface area (Å²) in [5, 5.41) is 0.379. The minimum absolute atomic E-state index is 0.0499. The number of alkyl halides is 3. The van der Waals surface area contributed by atoms with Crippen molar-refractivity contribution in [1.82, 2.24) is 9.55 Å². The third kappa shape index (κ3) is 2.35. The van der Waals surface area contributed by atoms with Crippen LogP contribution in [-0.2, 0) is 21.8 Å². The summed E-state index contributed by atoms with van der Waals surface area (Å²) in [5.41, 5.74) is 0.594. The lowest BCUT2D eigenvalue weighted by Gasteiger charge is -2.29. The Morgan fingerprint density at radius 3 is 2.39 bits per heavy atom. The highest BCUT2D eigenvalue weighted by Crippen LogP contribution is 2.46. The Bertz CT molecular complexity index is 806. The van der Waals surface area contributed by atoms with Gasteiger partial charge in [-0.1, -0.05) is 29.3 Å². The van der Waals surface area contributed by atoms with Crippen molar-refractivity contribution in [3.8, 4) is 0 Å². The molecule has 23 heavy (non-hydrogen) atoms. The van der Waals surface area contributed by atoms with Crippen LogP contribution in [0.1, 0.15) is 5.82 Å². The third-order valence-corrected chi connectivity index (χ3v) is 4.02. The number of ether oxygens (including phenoxy) is 2. The van der Waals surface area contributed by atoms with Gasteiger partial charge in [0.2, 0.25) is 5.82 Å². The van der Waals surface area contributed by atoms with Crippen LogP contribution in [0.5, 0.6) is 0 Å². The second-order valence-corrected chi connectivity index (χ2v) is 5.53. The van der Waals surface area contributed by atoms with Gasteiger partial charge in [-0.25, -0.2) is 4.98 Å². The van der Waals surface area contributed by atoms with Crippen molar-refractivity contribution < 1.29 is 22.6 Å². The predicted octanol–water partition coefficient (Wildman–Crippen LogP) is 4.76. The van der Waals surface area contributed by atoms with Gasteiger partial charge in [0, 0.05) is 6.54 Å². The Hall–Kier alpha value is -1.86. The van der Waals surface area contributed by atoms with Crippen molar-refractivity contribution in [2.24, 2.45) is 0 Å². The van der Waals surface area contributed by atoms with E-state index in [-0.39, 0.29) is 22.1 Å². The van der Waals surface area contributed by atoms with Gasteiger partial charge in [0.05, 0.1) is 21.1 Å². The number of aromatic nitrogens is 2. The Morgan fingerprint density at radius 1 is 1.22 bits per heavy atom. The maximum Gasteiger partial charge on any atom is 0.476 e. The summed E-state index contributed by atoms with van der Waals surface area (Å²) in [6.45, 7) is 3.60. The van der Waals surface area contributed by atoms with E-state index in [1.807, 2.05) is 0 Å². The fraction of sp³-hybridized carbons (Fsp3) is 0.214. The quantitative estimate of drug-likeness (QED) is 0.736. The number of hydrogen-bond donors (Lipinski definition) is 0. The number of imidazole rings is 1. The molecule has 0 saturated carbocycles. The molecular formula is C14H9Cl2F3N2O2. The first-order valence-electron chi connectivity index (χ1n) is 6.34. The molecule has 0 atom stereocenters. The van der Waals surface area contributed by atoms with Gasteiger partial charge in [-0.2, -0.15) is 13.2 Å². The highest BCUT2D eigenvalue weighted by molar-refractivity contribution is 6.42. The number of hydrogen-bond acceptors (Lipinski definition) is 3. The van der Waals surface area contributed by atoms with Crippen LogP contribution in [0.3, 0.4) is 0 Å². The Balaban J connectivity index is 2.31. The molecule has 1 aromatic heterocycles. The first kappa shape index (κ1) is 16.0. The summed E-state index contributed by atoms with van der Waals surface area (Å²) in [6, 6.07) is 2.82. The molecule has 9 heteroatoms. The van der Waals surface area contributed by atoms with E-state index in [9.17, 15) is 13.2 Å². The maximum atomic E-state index is 13.6. The van der Waals surface area contributed by atoms with Crippen molar-refractivity contribution in [3.63, 3.8) is 0 Å². The molecular weight excluding hydrogens is 356 g/mol. The van der Waals surface area contributed by atoms with E-state index < -0.39 is 17.8 Å². The molecule has 2 heterocycles. The predicted molar refractivity (Wildman–Crippen MR) is 79.0 cm³/mol. The van der Waals surface area contributed by atoms with Crippen LogP contribution in [0.4, 0.5) is 13.2 Å². The van der Waals surface area contributed by atoms with Gasteiger partial charge in [-0.3, -0.25) is 0 Å². The number of fused-ring (bicyclic) bond motifs is 1. The molecule has 3 rings (SSSR count). The zero-order chi connectivity index (χ0) is 16.8. The lowest BCUT2D eigenvalue weighted by atomic mass is 10.2. The van der Waals surface area contributed by atoms with Gasteiger partial charge >= 0.3 is 12.0 Å². The van der Waals surface area contributed by atoms with E-state index in [0.717, 1.165) is 12.5 Å². The van der Waals surface area contributed by atoms with Crippen LogP contribution in [-0.4, -0.2) is 15.7 Å². The molecule has 1 aliphatic heterocycles. The molecule has 0 saturated heterocycles. The molecule has 0 bridgehead atoms. The molecule has 1 aliphatic rings. The molecule has 0 N–H and O–H groups in total. The Labute approximate surface area is 138 Å². The van der Waals surface area contributed by atoms with Crippen LogP contribution in [0, 0.1) is 0 Å². The first-order chi connectivity index (χ1) is 10.8. The summed E-state index contributed by atoms with van der Waals surface area (Å²) in [7, 11) is 0. The zero-order valence-corrected chi connectivity index (χ0v) is 12.9. The molecule has 0 unspecified atom stereocenters. The van der Waals surface area contributed by atoms with Crippen molar-refractivity contribution in [2.45, 2.75) is 18.5 Å². The molecule has 122 valence electrons. The molecule has 0 spiro atoms. The van der Waals surface area contributed by atoms with Gasteiger partial charge in [0.25, 0.3) is 0 Å². The zero-order valence-electron chi connectivity index (χ0n) is 11.4. The number of allylic oxidation sites excluding steroid dienone is 1. The van der Waals surface area contributed by atoms with Crippen LogP contribution >= 0.6 is 23.2 Å². The van der Waals surface area contributed by atoms with E-state index in [4.69, 9.17) is 32.7 Å². The summed E-state index contributed by atoms with van der Waals surface area (Å²) in [4.78, 5) is 4.02. The highest BCUT2D eigenvalue weighted by atomic mass is 35.5. The number of halogens is 5. The van der Waals surface area contributed by atoms with Gasteiger partial charge in [0.1, 0.15) is 12.5 Å². The summed E-state index contributed by atoms with van der Waals surface area (Å²) in [5.74, 6) is -3.49. The van der Waals surface area contributed by atoms with E-state index in [1.54, 1.807) is 0 Å². The normalized spacial score (nSPS) is 16.4. The topological polar surface area (TPSA) is 36.3 Å². The van der Waals surface area contributed by atoms with Crippen LogP contribution < -0.4 is 0 Å². The van der Waals surface area contributed by atoms with Gasteiger partial charge in [-0.15, -0.1) is 6.58 Å². The van der Waals surface area contributed by atoms with Gasteiger partial charge < -0.3 is 14.0 Å². The number of benzene rings is 1. The monoisotopic (exact) mass is 364 g/mol. The Kier molecular flexibility index (Phi) is 3.72. The van der Waals surface area contributed by atoms with Crippen molar-refractivity contribution in [1.29, 1.82) is 0 Å². The molecule has 0 radical (unpaired) electrons. The molecule has 4 nitrogen and oxygen atoms in total. The standard InChI is InChI=1S/C14H9Cl2F3N2O2/c1-2-3-21-11-7-9(16)8(15)6-10(11)20-12(21)13(14(17,18)19)22-4-5-23-13/h2,4-7H,1,3H2. The fourth-order valence-corrected chi connectivity index (χ4v) is 2.64. The molecule has 0 fully saturated rings. The second kappa shape index (κ2) is 5.35. The van der Waals surface area contributed by atoms with E-state index in [2.05, 4.69) is 11.6 Å². The molecule has 1 aromatic carbocycles. The second-order valence-electron chi connectivity index (χ2n) is 4.71. The largest absolute Gasteiger partial charge is 0.476 e. The van der Waals surface area contributed by atoms with Crippen molar-refractivity contribution in [2.75, 3.05) is 0 Å². The lowest BCUT2D eigenvalue weighted by Crippen LogP contribution is -2.45. The minimum atomic E-state index is -4.86. The maximum absolute atomic E-state index is 13.6. The average Bonchev–Trinajstić information content (AvgIpc) is 3.06. The molecule has 0 aliphatic carbocycles. The van der Waals surface area contributed by atoms with Gasteiger partial charge in [-0.05, 0) is 12.1 Å². The lowest BCUT2D eigenvalue weighted by molar-refractivity contribution is -0.349. The minimum Gasteiger partial charge on any atom is -0.444 e. The van der Waals surface area contributed by atoms with E-state index in [0.29, 0.717) is 5.52 Å². The number of rotatable bonds is 3. The van der Waals surface area contributed by atoms with Crippen LogP contribution in [0.25, 0.3) is 11.0 Å². The van der Waals surface area contributed by atoms with E-state index >= 15 is 0 Å². The summed E-state index contributed by atoms with van der Waals surface area (Å²) >= 11 is 11.9. The summed E-state index contributed by atoms with van der Waals surface area (Å²) < 4.78 is 51.5. The SMILES string of the molecule is C=CCn1c(C2(C(F)(F)F)OC=CO2)nc2cc(Cl)c(Cl)cc21. The highest BCUT2D eigenvalue weighted by Gasteiger charge is 2.65. The first-order valence-corrected chi connectivity index (χ1v) is 7.10.